The zero-order valence-electron chi connectivity index (χ0n) is 27.8. The molecule has 10 rings (SSSR count). The fourth-order valence-corrected chi connectivity index (χ4v) is 7.54. The lowest BCUT2D eigenvalue weighted by molar-refractivity contribution is 0.669. The van der Waals surface area contributed by atoms with Crippen LogP contribution in [0.25, 0.3) is 54.3 Å². The number of rotatable bonds is 6. The van der Waals surface area contributed by atoms with Crippen LogP contribution in [0.3, 0.4) is 0 Å². The van der Waals surface area contributed by atoms with E-state index in [9.17, 15) is 0 Å². The van der Waals surface area contributed by atoms with E-state index in [0.29, 0.717) is 0 Å². The molecule has 0 fully saturated rings. The zero-order chi connectivity index (χ0) is 33.7. The minimum absolute atomic E-state index is 0.830. The molecular weight excluding hydrogens is 621 g/mol. The van der Waals surface area contributed by atoms with E-state index in [1.165, 1.54) is 26.9 Å². The van der Waals surface area contributed by atoms with Gasteiger partial charge in [-0.05, 0) is 105 Å². The molecule has 1 heterocycles. The zero-order valence-corrected chi connectivity index (χ0v) is 27.8. The summed E-state index contributed by atoms with van der Waals surface area (Å²) in [4.78, 5) is 4.69. The number of fused-ring (bicyclic) bond motifs is 6. The Hall–Kier alpha value is -6.84. The van der Waals surface area contributed by atoms with Crippen LogP contribution in [0.15, 0.2) is 199 Å². The van der Waals surface area contributed by atoms with E-state index in [-0.39, 0.29) is 0 Å². The number of furan rings is 1. The first-order chi connectivity index (χ1) is 25.3. The summed E-state index contributed by atoms with van der Waals surface area (Å²) in [6.07, 6.45) is 0. The van der Waals surface area contributed by atoms with E-state index in [2.05, 4.69) is 204 Å². The van der Waals surface area contributed by atoms with Gasteiger partial charge in [0.25, 0.3) is 0 Å². The maximum atomic E-state index is 7.07. The van der Waals surface area contributed by atoms with Crippen LogP contribution in [0.4, 0.5) is 34.1 Å². The Kier molecular flexibility index (Phi) is 6.81. The van der Waals surface area contributed by atoms with Gasteiger partial charge >= 0.3 is 0 Å². The first-order valence-electron chi connectivity index (χ1n) is 17.3. The normalized spacial score (nSPS) is 11.5. The van der Waals surface area contributed by atoms with Crippen molar-refractivity contribution in [3.63, 3.8) is 0 Å². The highest BCUT2D eigenvalue weighted by atomic mass is 16.3. The fourth-order valence-electron chi connectivity index (χ4n) is 7.54. The molecule has 0 unspecified atom stereocenters. The van der Waals surface area contributed by atoms with Gasteiger partial charge in [0.2, 0.25) is 0 Å². The highest BCUT2D eigenvalue weighted by Gasteiger charge is 2.25. The van der Waals surface area contributed by atoms with E-state index in [1.807, 2.05) is 0 Å². The summed E-state index contributed by atoms with van der Waals surface area (Å²) in [6, 6.07) is 69.2. The van der Waals surface area contributed by atoms with Crippen molar-refractivity contribution in [3.8, 4) is 0 Å². The predicted molar refractivity (Wildman–Crippen MR) is 216 cm³/mol. The van der Waals surface area contributed by atoms with Crippen molar-refractivity contribution in [2.24, 2.45) is 0 Å². The molecule has 240 valence electrons. The molecule has 1 aromatic heterocycles. The second-order valence-electron chi connectivity index (χ2n) is 13.0. The molecule has 0 aliphatic carbocycles. The third-order valence-electron chi connectivity index (χ3n) is 9.94. The van der Waals surface area contributed by atoms with Crippen LogP contribution in [0.5, 0.6) is 0 Å². The molecule has 0 radical (unpaired) electrons. The molecule has 3 heteroatoms. The second kappa shape index (κ2) is 11.9. The number of hydrogen-bond donors (Lipinski definition) is 0. The lowest BCUT2D eigenvalue weighted by atomic mass is 10.0. The Morgan fingerprint density at radius 3 is 1.29 bits per heavy atom. The van der Waals surface area contributed by atoms with Crippen LogP contribution >= 0.6 is 0 Å². The third kappa shape index (κ3) is 4.98. The summed E-state index contributed by atoms with van der Waals surface area (Å²) in [7, 11) is 0. The lowest BCUT2D eigenvalue weighted by Crippen LogP contribution is -2.13. The molecule has 0 aliphatic heterocycles. The molecule has 0 aliphatic rings. The van der Waals surface area contributed by atoms with Crippen LogP contribution < -0.4 is 9.80 Å². The first-order valence-corrected chi connectivity index (χ1v) is 17.3. The van der Waals surface area contributed by atoms with Crippen molar-refractivity contribution in [3.05, 3.63) is 194 Å². The SMILES string of the molecule is c1ccc(N(c2ccc3ccccc3c2)c2ccc(N(c3ccccc3)c3ccc4ccccc4c3)c3c2oc2cc4ccccc4cc23)cc1. The number of para-hydroxylation sites is 2. The van der Waals surface area contributed by atoms with E-state index in [1.54, 1.807) is 0 Å². The molecule has 0 amide bonds. The Morgan fingerprint density at radius 2 is 0.745 bits per heavy atom. The number of anilines is 6. The largest absolute Gasteiger partial charge is 0.454 e. The van der Waals surface area contributed by atoms with Gasteiger partial charge in [-0.3, -0.25) is 0 Å². The molecule has 0 saturated heterocycles. The number of benzene rings is 9. The van der Waals surface area contributed by atoms with Crippen molar-refractivity contribution < 1.29 is 4.42 Å². The monoisotopic (exact) mass is 652 g/mol. The van der Waals surface area contributed by atoms with Crippen LogP contribution in [0, 0.1) is 0 Å². The smallest absolute Gasteiger partial charge is 0.161 e. The van der Waals surface area contributed by atoms with Gasteiger partial charge < -0.3 is 14.2 Å². The van der Waals surface area contributed by atoms with E-state index >= 15 is 0 Å². The van der Waals surface area contributed by atoms with E-state index in [4.69, 9.17) is 4.42 Å². The van der Waals surface area contributed by atoms with Gasteiger partial charge in [0.15, 0.2) is 5.58 Å². The summed E-state index contributed by atoms with van der Waals surface area (Å²) in [6.45, 7) is 0. The molecule has 10 aromatic rings. The average molecular weight is 653 g/mol. The van der Waals surface area contributed by atoms with E-state index in [0.717, 1.165) is 61.4 Å². The van der Waals surface area contributed by atoms with Crippen molar-refractivity contribution in [1.29, 1.82) is 0 Å². The minimum Gasteiger partial charge on any atom is -0.454 e. The summed E-state index contributed by atoms with van der Waals surface area (Å²) >= 11 is 0. The molecule has 9 aromatic carbocycles. The predicted octanol–water partition coefficient (Wildman–Crippen LogP) is 14.0. The van der Waals surface area contributed by atoms with E-state index < -0.39 is 0 Å². The van der Waals surface area contributed by atoms with Crippen molar-refractivity contribution >= 4 is 88.4 Å². The standard InChI is InChI=1S/C48H32N2O/c1-3-19-39(20-4-1)49(41-25-23-33-13-7-9-15-35(33)29-41)44-27-28-45(48-47(44)43-31-37-17-11-12-18-38(37)32-46(43)51-48)50(40-21-5-2-6-22-40)42-26-24-34-14-8-10-16-36(34)30-42/h1-32H. The second-order valence-corrected chi connectivity index (χ2v) is 13.0. The molecule has 0 bridgehead atoms. The molecule has 0 spiro atoms. The van der Waals surface area contributed by atoms with Gasteiger partial charge in [-0.2, -0.15) is 0 Å². The first kappa shape index (κ1) is 29.1. The topological polar surface area (TPSA) is 19.6 Å². The molecule has 3 nitrogen and oxygen atoms in total. The molecule has 0 N–H and O–H groups in total. The fraction of sp³-hybridized carbons (Fsp3) is 0. The summed E-state index contributed by atoms with van der Waals surface area (Å²) < 4.78 is 7.07. The van der Waals surface area contributed by atoms with Crippen LogP contribution in [-0.4, -0.2) is 0 Å². The Balaban J connectivity index is 1.30. The average Bonchev–Trinajstić information content (AvgIpc) is 3.57. The van der Waals surface area contributed by atoms with Gasteiger partial charge in [-0.1, -0.05) is 121 Å². The van der Waals surface area contributed by atoms with Crippen molar-refractivity contribution in [2.45, 2.75) is 0 Å². The van der Waals surface area contributed by atoms with Crippen molar-refractivity contribution in [2.75, 3.05) is 9.80 Å². The molecule has 0 saturated carbocycles. The van der Waals surface area contributed by atoms with Crippen LogP contribution in [0.1, 0.15) is 0 Å². The molecule has 51 heavy (non-hydrogen) atoms. The highest BCUT2D eigenvalue weighted by molar-refractivity contribution is 6.20. The van der Waals surface area contributed by atoms with Gasteiger partial charge in [0, 0.05) is 28.1 Å². The summed E-state index contributed by atoms with van der Waals surface area (Å²) in [5.41, 5.74) is 7.99. The van der Waals surface area contributed by atoms with Gasteiger partial charge in [0.1, 0.15) is 5.58 Å². The van der Waals surface area contributed by atoms with Gasteiger partial charge in [-0.15, -0.1) is 0 Å². The minimum atomic E-state index is 0.830. The third-order valence-corrected chi connectivity index (χ3v) is 9.94. The highest BCUT2D eigenvalue weighted by Crippen LogP contribution is 2.49. The summed E-state index contributed by atoms with van der Waals surface area (Å²) in [5.74, 6) is 0. The Labute approximate surface area is 295 Å². The quantitative estimate of drug-likeness (QED) is 0.178. The summed E-state index contributed by atoms with van der Waals surface area (Å²) in [5, 5.41) is 9.26. The molecule has 0 atom stereocenters. The maximum Gasteiger partial charge on any atom is 0.161 e. The van der Waals surface area contributed by atoms with Gasteiger partial charge in [-0.25, -0.2) is 0 Å². The lowest BCUT2D eigenvalue weighted by Gasteiger charge is -2.29. The van der Waals surface area contributed by atoms with Crippen LogP contribution in [-0.2, 0) is 0 Å². The Bertz CT molecular complexity index is 2880. The van der Waals surface area contributed by atoms with Crippen LogP contribution in [0.2, 0.25) is 0 Å². The Morgan fingerprint density at radius 1 is 0.314 bits per heavy atom. The van der Waals surface area contributed by atoms with Crippen molar-refractivity contribution in [1.82, 2.24) is 0 Å². The van der Waals surface area contributed by atoms with Gasteiger partial charge in [0.05, 0.1) is 16.8 Å². The number of hydrogen-bond acceptors (Lipinski definition) is 3. The number of nitrogens with zero attached hydrogens (tertiary/aromatic N) is 2. The molecular formula is C48H32N2O. The maximum absolute atomic E-state index is 7.07.